The molecular weight excluding hydrogens is 289 g/mol. The maximum absolute atomic E-state index is 12.8. The van der Waals surface area contributed by atoms with E-state index in [-0.39, 0.29) is 17.8 Å². The molecule has 0 radical (unpaired) electrons. The number of nitrogens with two attached hydrogens (primary N) is 1. The summed E-state index contributed by atoms with van der Waals surface area (Å²) in [6.45, 7) is 2.44. The number of aromatic nitrogens is 1. The summed E-state index contributed by atoms with van der Waals surface area (Å²) in [5.74, 6) is -0.440. The van der Waals surface area contributed by atoms with Crippen molar-refractivity contribution in [2.24, 2.45) is 5.73 Å². The van der Waals surface area contributed by atoms with Crippen LogP contribution in [0.3, 0.4) is 0 Å². The Balaban J connectivity index is 1.91. The number of rotatable bonds is 6. The summed E-state index contributed by atoms with van der Waals surface area (Å²) >= 11 is 1.43. The monoisotopic (exact) mass is 307 g/mol. The van der Waals surface area contributed by atoms with Crippen molar-refractivity contribution >= 4 is 17.2 Å². The molecule has 0 bridgehead atoms. The number of hydrogen-bond acceptors (Lipinski definition) is 4. The van der Waals surface area contributed by atoms with Crippen molar-refractivity contribution in [3.05, 3.63) is 51.7 Å². The topological polar surface area (TPSA) is 68.0 Å². The largest absolute Gasteiger partial charge is 0.351 e. The van der Waals surface area contributed by atoms with Gasteiger partial charge in [-0.25, -0.2) is 9.37 Å². The van der Waals surface area contributed by atoms with E-state index in [2.05, 4.69) is 10.3 Å². The molecule has 0 saturated carbocycles. The fourth-order valence-corrected chi connectivity index (χ4v) is 2.59. The second kappa shape index (κ2) is 7.28. The fraction of sp³-hybridized carbons (Fsp3) is 0.333. The molecule has 1 aromatic heterocycles. The summed E-state index contributed by atoms with van der Waals surface area (Å²) in [6, 6.07) is 6.35. The van der Waals surface area contributed by atoms with Crippen molar-refractivity contribution in [3.8, 4) is 0 Å². The second-order valence-corrected chi connectivity index (χ2v) is 5.89. The molecule has 0 saturated heterocycles. The molecule has 2 aromatic rings. The van der Waals surface area contributed by atoms with Gasteiger partial charge in [-0.2, -0.15) is 0 Å². The predicted octanol–water partition coefficient (Wildman–Crippen LogP) is 2.34. The number of carbonyl (C=O) groups is 1. The number of hydrogen-bond donors (Lipinski definition) is 2. The Hall–Kier alpha value is -1.79. The highest BCUT2D eigenvalue weighted by molar-refractivity contribution is 7.09. The lowest BCUT2D eigenvalue weighted by atomic mass is 10.1. The minimum atomic E-state index is -0.257. The van der Waals surface area contributed by atoms with Crippen LogP contribution in [0, 0.1) is 5.82 Å². The SMILES string of the molecule is CC(N)CCNC(=O)c1csc(Cc2ccc(F)cc2)n1. The van der Waals surface area contributed by atoms with Crippen LogP contribution in [0.5, 0.6) is 0 Å². The molecule has 1 unspecified atom stereocenters. The van der Waals surface area contributed by atoms with E-state index in [1.165, 1.54) is 23.5 Å². The highest BCUT2D eigenvalue weighted by Crippen LogP contribution is 2.15. The van der Waals surface area contributed by atoms with Crippen LogP contribution in [-0.4, -0.2) is 23.5 Å². The molecule has 4 nitrogen and oxygen atoms in total. The summed E-state index contributed by atoms with van der Waals surface area (Å²) in [6.07, 6.45) is 1.33. The summed E-state index contributed by atoms with van der Waals surface area (Å²) in [5.41, 5.74) is 7.01. The van der Waals surface area contributed by atoms with Gasteiger partial charge in [-0.3, -0.25) is 4.79 Å². The number of nitrogens with one attached hydrogen (secondary N) is 1. The van der Waals surface area contributed by atoms with Crippen molar-refractivity contribution in [2.75, 3.05) is 6.54 Å². The third-order valence-corrected chi connectivity index (χ3v) is 3.79. The molecule has 2 rings (SSSR count). The molecule has 1 atom stereocenters. The Morgan fingerprint density at radius 2 is 2.14 bits per heavy atom. The Morgan fingerprint density at radius 1 is 1.43 bits per heavy atom. The second-order valence-electron chi connectivity index (χ2n) is 4.95. The van der Waals surface area contributed by atoms with Gasteiger partial charge >= 0.3 is 0 Å². The van der Waals surface area contributed by atoms with Gasteiger partial charge < -0.3 is 11.1 Å². The third-order valence-electron chi connectivity index (χ3n) is 2.94. The van der Waals surface area contributed by atoms with Gasteiger partial charge in [-0.05, 0) is 31.0 Å². The zero-order chi connectivity index (χ0) is 15.2. The number of amides is 1. The lowest BCUT2D eigenvalue weighted by Gasteiger charge is -2.05. The van der Waals surface area contributed by atoms with E-state index in [9.17, 15) is 9.18 Å². The number of carbonyl (C=O) groups excluding carboxylic acids is 1. The van der Waals surface area contributed by atoms with Crippen molar-refractivity contribution in [1.82, 2.24) is 10.3 Å². The van der Waals surface area contributed by atoms with Crippen molar-refractivity contribution in [1.29, 1.82) is 0 Å². The highest BCUT2D eigenvalue weighted by Gasteiger charge is 2.10. The van der Waals surface area contributed by atoms with Gasteiger partial charge in [0.25, 0.3) is 5.91 Å². The molecule has 1 aromatic carbocycles. The molecule has 3 N–H and O–H groups in total. The van der Waals surface area contributed by atoms with Crippen molar-refractivity contribution < 1.29 is 9.18 Å². The van der Waals surface area contributed by atoms with Crippen LogP contribution in [0.15, 0.2) is 29.6 Å². The molecule has 21 heavy (non-hydrogen) atoms. The average Bonchev–Trinajstić information content (AvgIpc) is 2.89. The van der Waals surface area contributed by atoms with E-state index < -0.39 is 0 Å². The number of nitrogens with zero attached hydrogens (tertiary/aromatic N) is 1. The molecule has 0 aliphatic heterocycles. The van der Waals surface area contributed by atoms with Gasteiger partial charge in [-0.1, -0.05) is 12.1 Å². The lowest BCUT2D eigenvalue weighted by Crippen LogP contribution is -2.29. The molecular formula is C15H18FN3OS. The van der Waals surface area contributed by atoms with Crippen molar-refractivity contribution in [3.63, 3.8) is 0 Å². The number of benzene rings is 1. The lowest BCUT2D eigenvalue weighted by molar-refractivity contribution is 0.0948. The Kier molecular flexibility index (Phi) is 5.41. The van der Waals surface area contributed by atoms with Crippen LogP contribution in [-0.2, 0) is 6.42 Å². The molecule has 0 spiro atoms. The summed E-state index contributed by atoms with van der Waals surface area (Å²) < 4.78 is 12.8. The number of thiazole rings is 1. The van der Waals surface area contributed by atoms with Crippen LogP contribution in [0.2, 0.25) is 0 Å². The summed E-state index contributed by atoms with van der Waals surface area (Å²) in [7, 11) is 0. The molecule has 0 aliphatic rings. The normalized spacial score (nSPS) is 12.1. The standard InChI is InChI=1S/C15H18FN3OS/c1-10(17)6-7-18-15(20)13-9-21-14(19-13)8-11-2-4-12(16)5-3-11/h2-5,9-10H,6-8,17H2,1H3,(H,18,20). The first-order valence-corrected chi connectivity index (χ1v) is 7.65. The van der Waals surface area contributed by atoms with Crippen LogP contribution < -0.4 is 11.1 Å². The first-order chi connectivity index (χ1) is 10.0. The van der Waals surface area contributed by atoms with Gasteiger partial charge in [0, 0.05) is 24.4 Å². The molecule has 1 amide bonds. The van der Waals surface area contributed by atoms with E-state index in [4.69, 9.17) is 5.73 Å². The zero-order valence-electron chi connectivity index (χ0n) is 11.8. The molecule has 6 heteroatoms. The molecule has 1 heterocycles. The molecule has 0 aliphatic carbocycles. The summed E-state index contributed by atoms with van der Waals surface area (Å²) in [4.78, 5) is 16.2. The van der Waals surface area contributed by atoms with Crippen LogP contribution in [0.1, 0.15) is 34.4 Å². The van der Waals surface area contributed by atoms with E-state index in [0.717, 1.165) is 17.0 Å². The van der Waals surface area contributed by atoms with E-state index in [0.29, 0.717) is 18.7 Å². The first kappa shape index (κ1) is 15.6. The minimum absolute atomic E-state index is 0.0646. The van der Waals surface area contributed by atoms with Gasteiger partial charge in [-0.15, -0.1) is 11.3 Å². The minimum Gasteiger partial charge on any atom is -0.351 e. The van der Waals surface area contributed by atoms with Gasteiger partial charge in [0.2, 0.25) is 0 Å². The predicted molar refractivity (Wildman–Crippen MR) is 81.9 cm³/mol. The Bertz CT molecular complexity index is 595. The van der Waals surface area contributed by atoms with E-state index in [1.54, 1.807) is 17.5 Å². The smallest absolute Gasteiger partial charge is 0.270 e. The van der Waals surface area contributed by atoms with E-state index in [1.807, 2.05) is 6.92 Å². The maximum atomic E-state index is 12.8. The van der Waals surface area contributed by atoms with Crippen molar-refractivity contribution in [2.45, 2.75) is 25.8 Å². The first-order valence-electron chi connectivity index (χ1n) is 6.77. The molecule has 0 fully saturated rings. The number of halogens is 1. The summed E-state index contributed by atoms with van der Waals surface area (Å²) in [5, 5.41) is 5.36. The van der Waals surface area contributed by atoms with Crippen LogP contribution in [0.25, 0.3) is 0 Å². The van der Waals surface area contributed by atoms with E-state index >= 15 is 0 Å². The van der Waals surface area contributed by atoms with Gasteiger partial charge in [0.05, 0.1) is 5.01 Å². The van der Waals surface area contributed by atoms with Gasteiger partial charge in [0.15, 0.2) is 0 Å². The maximum Gasteiger partial charge on any atom is 0.270 e. The Morgan fingerprint density at radius 3 is 2.81 bits per heavy atom. The van der Waals surface area contributed by atoms with Gasteiger partial charge in [0.1, 0.15) is 11.5 Å². The van der Waals surface area contributed by atoms with Crippen LogP contribution >= 0.6 is 11.3 Å². The Labute approximate surface area is 127 Å². The average molecular weight is 307 g/mol. The molecule has 112 valence electrons. The highest BCUT2D eigenvalue weighted by atomic mass is 32.1. The van der Waals surface area contributed by atoms with Crippen LogP contribution in [0.4, 0.5) is 4.39 Å². The zero-order valence-corrected chi connectivity index (χ0v) is 12.6. The fourth-order valence-electron chi connectivity index (χ4n) is 1.78. The quantitative estimate of drug-likeness (QED) is 0.860. The third kappa shape index (κ3) is 4.91.